The first-order valence-corrected chi connectivity index (χ1v) is 8.49. The summed E-state index contributed by atoms with van der Waals surface area (Å²) in [7, 11) is 0. The third kappa shape index (κ3) is 4.32. The average molecular weight is 345 g/mol. The number of nitrogens with one attached hydrogen (secondary N) is 1. The van der Waals surface area contributed by atoms with Gasteiger partial charge in [0.05, 0.1) is 12.5 Å². The first-order valence-electron chi connectivity index (χ1n) is 8.49. The molecule has 0 amide bonds. The lowest BCUT2D eigenvalue weighted by atomic mass is 9.93. The number of hydrogen-bond donors (Lipinski definition) is 1. The topological polar surface area (TPSA) is 101 Å². The Bertz CT molecular complexity index is 819. The Morgan fingerprint density at radius 3 is 2.72 bits per heavy atom. The molecular weight excluding hydrogens is 322 g/mol. The predicted octanol–water partition coefficient (Wildman–Crippen LogP) is 1.66. The van der Waals surface area contributed by atoms with Gasteiger partial charge in [0.15, 0.2) is 5.52 Å². The molecule has 0 spiro atoms. The summed E-state index contributed by atoms with van der Waals surface area (Å²) in [5, 5.41) is 0. The fraction of sp³-hybridized carbons (Fsp3) is 0.588. The normalized spacial score (nSPS) is 16.2. The molecule has 0 aliphatic carbocycles. The standard InChI is InChI=1S/C17H23N5O3/c1-17(2,3)25-13(23)8-11-4-6-22(7-5-11)16-18-9-12-14(21-16)15(24)20-10-19-12/h9-11H,4-8H2,1-3H3,(H,19,20,24). The average Bonchev–Trinajstić information content (AvgIpc) is 2.54. The van der Waals surface area contributed by atoms with E-state index in [4.69, 9.17) is 4.74 Å². The Labute approximate surface area is 145 Å². The molecule has 3 rings (SSSR count). The van der Waals surface area contributed by atoms with Crippen LogP contribution in [0.1, 0.15) is 40.0 Å². The number of aromatic amines is 1. The molecule has 1 N–H and O–H groups in total. The van der Waals surface area contributed by atoms with Gasteiger partial charge in [-0.05, 0) is 39.5 Å². The van der Waals surface area contributed by atoms with Gasteiger partial charge in [0, 0.05) is 19.5 Å². The zero-order valence-corrected chi connectivity index (χ0v) is 14.8. The summed E-state index contributed by atoms with van der Waals surface area (Å²) in [6.07, 6.45) is 5.08. The molecule has 0 saturated carbocycles. The summed E-state index contributed by atoms with van der Waals surface area (Å²) in [5.41, 5.74) is 0.0572. The van der Waals surface area contributed by atoms with Gasteiger partial charge in [0.25, 0.3) is 5.56 Å². The van der Waals surface area contributed by atoms with Crippen LogP contribution in [-0.4, -0.2) is 44.6 Å². The number of ether oxygens (including phenoxy) is 1. The number of rotatable bonds is 3. The van der Waals surface area contributed by atoms with Crippen LogP contribution in [0.5, 0.6) is 0 Å². The molecule has 0 radical (unpaired) electrons. The van der Waals surface area contributed by atoms with Crippen molar-refractivity contribution in [2.75, 3.05) is 18.0 Å². The number of carbonyl (C=O) groups is 1. The van der Waals surface area contributed by atoms with E-state index in [1.54, 1.807) is 6.20 Å². The van der Waals surface area contributed by atoms with Crippen molar-refractivity contribution in [3.8, 4) is 0 Å². The van der Waals surface area contributed by atoms with Gasteiger partial charge in [-0.3, -0.25) is 9.59 Å². The molecule has 1 aliphatic heterocycles. The van der Waals surface area contributed by atoms with Crippen molar-refractivity contribution >= 4 is 23.0 Å². The SMILES string of the molecule is CC(C)(C)OC(=O)CC1CCN(c2ncc3nc[nH]c(=O)c3n2)CC1. The van der Waals surface area contributed by atoms with Gasteiger partial charge in [-0.2, -0.15) is 0 Å². The second kappa shape index (κ2) is 6.78. The lowest BCUT2D eigenvalue weighted by Crippen LogP contribution is -2.36. The van der Waals surface area contributed by atoms with E-state index in [0.717, 1.165) is 25.9 Å². The number of nitrogens with zero attached hydrogens (tertiary/aromatic N) is 4. The highest BCUT2D eigenvalue weighted by atomic mass is 16.6. The van der Waals surface area contributed by atoms with Crippen LogP contribution in [0.2, 0.25) is 0 Å². The quantitative estimate of drug-likeness (QED) is 0.844. The molecule has 0 unspecified atom stereocenters. The highest BCUT2D eigenvalue weighted by molar-refractivity contribution is 5.72. The van der Waals surface area contributed by atoms with Gasteiger partial charge in [-0.15, -0.1) is 0 Å². The minimum Gasteiger partial charge on any atom is -0.460 e. The van der Waals surface area contributed by atoms with Crippen LogP contribution < -0.4 is 10.5 Å². The fourth-order valence-corrected chi connectivity index (χ4v) is 2.96. The molecule has 2 aromatic heterocycles. The Balaban J connectivity index is 1.62. The van der Waals surface area contributed by atoms with Crippen molar-refractivity contribution in [3.05, 3.63) is 22.9 Å². The Hall–Kier alpha value is -2.51. The van der Waals surface area contributed by atoms with Crippen LogP contribution in [0.25, 0.3) is 11.0 Å². The molecule has 0 bridgehead atoms. The largest absolute Gasteiger partial charge is 0.460 e. The number of carbonyl (C=O) groups excluding carboxylic acids is 1. The van der Waals surface area contributed by atoms with Crippen LogP contribution in [0, 0.1) is 5.92 Å². The number of esters is 1. The van der Waals surface area contributed by atoms with E-state index in [1.165, 1.54) is 6.33 Å². The maximum absolute atomic E-state index is 12.0. The first-order chi connectivity index (χ1) is 11.8. The molecule has 8 nitrogen and oxygen atoms in total. The molecule has 134 valence electrons. The van der Waals surface area contributed by atoms with Crippen LogP contribution >= 0.6 is 0 Å². The van der Waals surface area contributed by atoms with Crippen molar-refractivity contribution in [1.29, 1.82) is 0 Å². The monoisotopic (exact) mass is 345 g/mol. The number of aromatic nitrogens is 4. The maximum Gasteiger partial charge on any atom is 0.306 e. The number of fused-ring (bicyclic) bond motifs is 1. The van der Waals surface area contributed by atoms with Gasteiger partial charge in [-0.25, -0.2) is 15.0 Å². The van der Waals surface area contributed by atoms with Crippen LogP contribution in [0.3, 0.4) is 0 Å². The number of H-pyrrole nitrogens is 1. The zero-order valence-electron chi connectivity index (χ0n) is 14.8. The Morgan fingerprint density at radius 2 is 2.04 bits per heavy atom. The fourth-order valence-electron chi connectivity index (χ4n) is 2.96. The lowest BCUT2D eigenvalue weighted by Gasteiger charge is -2.32. The van der Waals surface area contributed by atoms with Crippen LogP contribution in [-0.2, 0) is 9.53 Å². The Morgan fingerprint density at radius 1 is 1.32 bits per heavy atom. The second-order valence-corrected chi connectivity index (χ2v) is 7.36. The highest BCUT2D eigenvalue weighted by Crippen LogP contribution is 2.24. The van der Waals surface area contributed by atoms with Crippen molar-refractivity contribution < 1.29 is 9.53 Å². The second-order valence-electron chi connectivity index (χ2n) is 7.36. The van der Waals surface area contributed by atoms with Gasteiger partial charge < -0.3 is 14.6 Å². The minimum atomic E-state index is -0.447. The van der Waals surface area contributed by atoms with Gasteiger partial charge in [0.2, 0.25) is 5.95 Å². The summed E-state index contributed by atoms with van der Waals surface area (Å²) in [6, 6.07) is 0. The molecule has 0 atom stereocenters. The zero-order chi connectivity index (χ0) is 18.0. The molecule has 2 aromatic rings. The third-order valence-corrected chi connectivity index (χ3v) is 4.14. The summed E-state index contributed by atoms with van der Waals surface area (Å²) < 4.78 is 5.39. The van der Waals surface area contributed by atoms with E-state index in [0.29, 0.717) is 29.3 Å². The van der Waals surface area contributed by atoms with Crippen LogP contribution in [0.15, 0.2) is 17.3 Å². The number of anilines is 1. The van der Waals surface area contributed by atoms with Crippen molar-refractivity contribution in [2.24, 2.45) is 5.92 Å². The van der Waals surface area contributed by atoms with E-state index >= 15 is 0 Å². The van der Waals surface area contributed by atoms with E-state index in [2.05, 4.69) is 19.9 Å². The van der Waals surface area contributed by atoms with Crippen molar-refractivity contribution in [3.63, 3.8) is 0 Å². The van der Waals surface area contributed by atoms with Gasteiger partial charge in [0.1, 0.15) is 11.1 Å². The predicted molar refractivity (Wildman–Crippen MR) is 93.4 cm³/mol. The molecule has 1 fully saturated rings. The molecule has 1 saturated heterocycles. The Kier molecular flexibility index (Phi) is 4.69. The molecule has 8 heteroatoms. The van der Waals surface area contributed by atoms with E-state index < -0.39 is 5.60 Å². The summed E-state index contributed by atoms with van der Waals surface area (Å²) >= 11 is 0. The number of hydrogen-bond acceptors (Lipinski definition) is 7. The smallest absolute Gasteiger partial charge is 0.306 e. The van der Waals surface area contributed by atoms with Crippen LogP contribution in [0.4, 0.5) is 5.95 Å². The summed E-state index contributed by atoms with van der Waals surface area (Å²) in [6.45, 7) is 7.12. The highest BCUT2D eigenvalue weighted by Gasteiger charge is 2.25. The molecule has 25 heavy (non-hydrogen) atoms. The lowest BCUT2D eigenvalue weighted by molar-refractivity contribution is -0.156. The maximum atomic E-state index is 12.0. The summed E-state index contributed by atoms with van der Waals surface area (Å²) in [5.74, 6) is 0.684. The van der Waals surface area contributed by atoms with E-state index in [1.807, 2.05) is 25.7 Å². The third-order valence-electron chi connectivity index (χ3n) is 4.14. The van der Waals surface area contributed by atoms with Crippen molar-refractivity contribution in [1.82, 2.24) is 19.9 Å². The minimum absolute atomic E-state index is 0.148. The van der Waals surface area contributed by atoms with Gasteiger partial charge >= 0.3 is 5.97 Å². The summed E-state index contributed by atoms with van der Waals surface area (Å²) in [4.78, 5) is 41.1. The molecule has 1 aliphatic rings. The van der Waals surface area contributed by atoms with Gasteiger partial charge in [-0.1, -0.05) is 0 Å². The molecule has 3 heterocycles. The first kappa shape index (κ1) is 17.3. The molecular formula is C17H23N5O3. The van der Waals surface area contributed by atoms with Crippen molar-refractivity contribution in [2.45, 2.75) is 45.6 Å². The van der Waals surface area contributed by atoms with E-state index in [9.17, 15) is 9.59 Å². The molecule has 0 aromatic carbocycles. The van der Waals surface area contributed by atoms with E-state index in [-0.39, 0.29) is 11.5 Å². The number of piperidine rings is 1.